The largest absolute Gasteiger partial charge is 0.392 e. The normalized spacial score (nSPS) is 56.5. The van der Waals surface area contributed by atoms with E-state index in [1.807, 2.05) is 0 Å². The van der Waals surface area contributed by atoms with Gasteiger partial charge in [0.05, 0.1) is 6.10 Å². The molecule has 64 valence electrons. The maximum atomic E-state index is 9.94. The van der Waals surface area contributed by atoms with E-state index in [9.17, 15) is 5.11 Å². The summed E-state index contributed by atoms with van der Waals surface area (Å²) in [5.74, 6) is 1.38. The molecule has 0 saturated heterocycles. The second kappa shape index (κ2) is 2.22. The van der Waals surface area contributed by atoms with Crippen LogP contribution in [0.2, 0.25) is 0 Å². The van der Waals surface area contributed by atoms with Crippen LogP contribution in [0, 0.1) is 17.3 Å². The lowest BCUT2D eigenvalue weighted by molar-refractivity contribution is -0.0187. The molecule has 11 heavy (non-hydrogen) atoms. The van der Waals surface area contributed by atoms with Gasteiger partial charge in [-0.15, -0.1) is 0 Å². The van der Waals surface area contributed by atoms with Crippen molar-refractivity contribution >= 4 is 0 Å². The summed E-state index contributed by atoms with van der Waals surface area (Å²) >= 11 is 0. The van der Waals surface area contributed by atoms with Crippen LogP contribution in [0.3, 0.4) is 0 Å². The molecule has 2 aliphatic carbocycles. The highest BCUT2D eigenvalue weighted by atomic mass is 16.3. The molecule has 1 nitrogen and oxygen atoms in total. The van der Waals surface area contributed by atoms with Crippen LogP contribution in [0.5, 0.6) is 0 Å². The fourth-order valence-electron chi connectivity index (χ4n) is 2.96. The van der Waals surface area contributed by atoms with Crippen molar-refractivity contribution in [2.75, 3.05) is 0 Å². The maximum absolute atomic E-state index is 9.94. The molecule has 0 heterocycles. The second-order valence-electron chi connectivity index (χ2n) is 4.82. The Kier molecular flexibility index (Phi) is 1.54. The van der Waals surface area contributed by atoms with Crippen LogP contribution in [-0.2, 0) is 0 Å². The minimum absolute atomic E-state index is 0.00579. The molecule has 2 fully saturated rings. The predicted molar refractivity (Wildman–Crippen MR) is 45.2 cm³/mol. The standard InChI is InChI=1S/C10H18O/c1-7-3-5-10(2)6-4-8(7)9(10)11/h7-9,11H,3-6H2,1-2H3. The Morgan fingerprint density at radius 3 is 2.55 bits per heavy atom. The van der Waals surface area contributed by atoms with Crippen LogP contribution < -0.4 is 0 Å². The van der Waals surface area contributed by atoms with Crippen LogP contribution >= 0.6 is 0 Å². The predicted octanol–water partition coefficient (Wildman–Crippen LogP) is 2.19. The monoisotopic (exact) mass is 154 g/mol. The van der Waals surface area contributed by atoms with Crippen LogP contribution in [0.4, 0.5) is 0 Å². The highest BCUT2D eigenvalue weighted by Gasteiger charge is 2.49. The Balaban J connectivity index is 2.22. The van der Waals surface area contributed by atoms with Crippen molar-refractivity contribution in [2.45, 2.75) is 45.6 Å². The topological polar surface area (TPSA) is 20.2 Å². The van der Waals surface area contributed by atoms with Crippen molar-refractivity contribution in [1.82, 2.24) is 0 Å². The minimum atomic E-state index is 0.00579. The van der Waals surface area contributed by atoms with Crippen LogP contribution in [-0.4, -0.2) is 11.2 Å². The van der Waals surface area contributed by atoms with Gasteiger partial charge >= 0.3 is 0 Å². The smallest absolute Gasteiger partial charge is 0.0624 e. The fourth-order valence-corrected chi connectivity index (χ4v) is 2.96. The first kappa shape index (κ1) is 7.60. The number of fused-ring (bicyclic) bond motifs is 2. The van der Waals surface area contributed by atoms with Gasteiger partial charge in [0.15, 0.2) is 0 Å². The van der Waals surface area contributed by atoms with E-state index in [0.29, 0.717) is 5.92 Å². The van der Waals surface area contributed by atoms with Gasteiger partial charge in [-0.1, -0.05) is 13.8 Å². The summed E-state index contributed by atoms with van der Waals surface area (Å²) in [6.45, 7) is 4.54. The Bertz CT molecular complexity index is 166. The molecule has 0 aliphatic heterocycles. The summed E-state index contributed by atoms with van der Waals surface area (Å²) in [6, 6.07) is 0. The van der Waals surface area contributed by atoms with Crippen LogP contribution in [0.25, 0.3) is 0 Å². The number of aliphatic hydroxyl groups is 1. The third kappa shape index (κ3) is 0.936. The van der Waals surface area contributed by atoms with E-state index in [2.05, 4.69) is 13.8 Å². The highest BCUT2D eigenvalue weighted by molar-refractivity contribution is 4.99. The molecular formula is C10H18O. The van der Waals surface area contributed by atoms with Gasteiger partial charge in [-0.3, -0.25) is 0 Å². The van der Waals surface area contributed by atoms with Gasteiger partial charge in [0.25, 0.3) is 0 Å². The Morgan fingerprint density at radius 1 is 1.27 bits per heavy atom. The molecule has 0 aromatic heterocycles. The first-order chi connectivity index (χ1) is 5.13. The molecule has 1 heteroatoms. The van der Waals surface area contributed by atoms with E-state index in [1.165, 1.54) is 25.7 Å². The van der Waals surface area contributed by atoms with Crippen molar-refractivity contribution in [1.29, 1.82) is 0 Å². The second-order valence-corrected chi connectivity index (χ2v) is 4.82. The maximum Gasteiger partial charge on any atom is 0.0624 e. The summed E-state index contributed by atoms with van der Waals surface area (Å²) in [5.41, 5.74) is 0.289. The van der Waals surface area contributed by atoms with E-state index in [4.69, 9.17) is 0 Å². The molecule has 0 spiro atoms. The lowest BCUT2D eigenvalue weighted by Crippen LogP contribution is -2.38. The molecule has 0 aromatic rings. The van der Waals surface area contributed by atoms with E-state index >= 15 is 0 Å². The Labute approximate surface area is 68.8 Å². The summed E-state index contributed by atoms with van der Waals surface area (Å²) in [4.78, 5) is 0. The van der Waals surface area contributed by atoms with Crippen molar-refractivity contribution in [3.05, 3.63) is 0 Å². The quantitative estimate of drug-likeness (QED) is 0.567. The SMILES string of the molecule is CC1CCC2(C)CCC1C2O. The third-order valence-electron chi connectivity index (χ3n) is 4.07. The molecule has 0 amide bonds. The van der Waals surface area contributed by atoms with E-state index in [-0.39, 0.29) is 11.5 Å². The molecule has 2 aliphatic rings. The molecule has 4 atom stereocenters. The molecule has 1 N–H and O–H groups in total. The Hall–Kier alpha value is -0.0400. The molecular weight excluding hydrogens is 136 g/mol. The summed E-state index contributed by atoms with van der Waals surface area (Å²) in [5, 5.41) is 9.94. The van der Waals surface area contributed by atoms with Crippen molar-refractivity contribution in [2.24, 2.45) is 17.3 Å². The van der Waals surface area contributed by atoms with E-state index in [1.54, 1.807) is 0 Å². The Morgan fingerprint density at radius 2 is 1.91 bits per heavy atom. The molecule has 0 aromatic carbocycles. The van der Waals surface area contributed by atoms with Gasteiger partial charge in [0.1, 0.15) is 0 Å². The van der Waals surface area contributed by atoms with Crippen LogP contribution in [0.1, 0.15) is 39.5 Å². The lowest BCUT2D eigenvalue weighted by Gasteiger charge is -2.38. The van der Waals surface area contributed by atoms with E-state index in [0.717, 1.165) is 5.92 Å². The summed E-state index contributed by atoms with van der Waals surface area (Å²) in [7, 11) is 0. The van der Waals surface area contributed by atoms with Gasteiger partial charge in [-0.2, -0.15) is 0 Å². The average molecular weight is 154 g/mol. The van der Waals surface area contributed by atoms with Gasteiger partial charge in [-0.25, -0.2) is 0 Å². The van der Waals surface area contributed by atoms with Gasteiger partial charge in [0.2, 0.25) is 0 Å². The molecule has 0 radical (unpaired) electrons. The zero-order chi connectivity index (χ0) is 8.06. The minimum Gasteiger partial charge on any atom is -0.392 e. The number of aliphatic hydroxyl groups excluding tert-OH is 1. The zero-order valence-electron chi connectivity index (χ0n) is 7.51. The van der Waals surface area contributed by atoms with Crippen molar-refractivity contribution in [3.63, 3.8) is 0 Å². The molecule has 2 rings (SSSR count). The first-order valence-electron chi connectivity index (χ1n) is 4.81. The summed E-state index contributed by atoms with van der Waals surface area (Å²) in [6.07, 6.45) is 5.10. The van der Waals surface area contributed by atoms with Crippen molar-refractivity contribution < 1.29 is 5.11 Å². The van der Waals surface area contributed by atoms with Gasteiger partial charge in [0, 0.05) is 0 Å². The van der Waals surface area contributed by atoms with Crippen LogP contribution in [0.15, 0.2) is 0 Å². The van der Waals surface area contributed by atoms with E-state index < -0.39 is 0 Å². The molecule has 4 unspecified atom stereocenters. The number of hydrogen-bond donors (Lipinski definition) is 1. The summed E-state index contributed by atoms with van der Waals surface area (Å²) < 4.78 is 0. The highest BCUT2D eigenvalue weighted by Crippen LogP contribution is 2.53. The molecule has 2 bridgehead atoms. The number of rotatable bonds is 0. The first-order valence-corrected chi connectivity index (χ1v) is 4.81. The van der Waals surface area contributed by atoms with Gasteiger partial charge in [-0.05, 0) is 42.9 Å². The molecule has 2 saturated carbocycles. The van der Waals surface area contributed by atoms with Crippen molar-refractivity contribution in [3.8, 4) is 0 Å². The average Bonchev–Trinajstić information content (AvgIpc) is 2.14. The fraction of sp³-hybridized carbons (Fsp3) is 1.00. The third-order valence-corrected chi connectivity index (χ3v) is 4.07. The number of hydrogen-bond acceptors (Lipinski definition) is 1. The van der Waals surface area contributed by atoms with Gasteiger partial charge < -0.3 is 5.11 Å². The zero-order valence-corrected chi connectivity index (χ0v) is 7.51. The lowest BCUT2D eigenvalue weighted by atomic mass is 9.71.